The Morgan fingerprint density at radius 3 is 2.86 bits per heavy atom. The van der Waals surface area contributed by atoms with Crippen LogP contribution in [0.2, 0.25) is 0 Å². The lowest BCUT2D eigenvalue weighted by molar-refractivity contribution is -0.115. The zero-order chi connectivity index (χ0) is 10.6. The van der Waals surface area contributed by atoms with E-state index >= 15 is 0 Å². The molecule has 0 atom stereocenters. The fraction of sp³-hybridized carbons (Fsp3) is 0.222. The Labute approximate surface area is 111 Å². The van der Waals surface area contributed by atoms with Gasteiger partial charge in [-0.2, -0.15) is 12.6 Å². The van der Waals surface area contributed by atoms with Gasteiger partial charge in [0.2, 0.25) is 5.91 Å². The molecule has 1 amide bonds. The minimum absolute atomic E-state index is 0.00638. The SMILES string of the molecule is O=C(CCS)Nc1ccc(I)c(Br)c1. The molecule has 1 aromatic carbocycles. The topological polar surface area (TPSA) is 29.1 Å². The number of benzene rings is 1. The molecule has 76 valence electrons. The molecule has 0 spiro atoms. The van der Waals surface area contributed by atoms with E-state index in [-0.39, 0.29) is 5.91 Å². The number of hydrogen-bond donors (Lipinski definition) is 2. The molecule has 0 saturated carbocycles. The van der Waals surface area contributed by atoms with Crippen molar-refractivity contribution in [3.8, 4) is 0 Å². The molecule has 0 heterocycles. The number of amides is 1. The fourth-order valence-electron chi connectivity index (χ4n) is 0.899. The van der Waals surface area contributed by atoms with E-state index in [0.717, 1.165) is 13.7 Å². The highest BCUT2D eigenvalue weighted by molar-refractivity contribution is 14.1. The predicted molar refractivity (Wildman–Crippen MR) is 74.0 cm³/mol. The monoisotopic (exact) mass is 385 g/mol. The average Bonchev–Trinajstić information content (AvgIpc) is 2.12. The maximum atomic E-state index is 11.2. The summed E-state index contributed by atoms with van der Waals surface area (Å²) in [5.74, 6) is 0.560. The summed E-state index contributed by atoms with van der Waals surface area (Å²) in [5.41, 5.74) is 0.809. The van der Waals surface area contributed by atoms with E-state index in [9.17, 15) is 4.79 Å². The fourth-order valence-corrected chi connectivity index (χ4v) is 1.82. The van der Waals surface area contributed by atoms with Crippen molar-refractivity contribution in [2.75, 3.05) is 11.1 Å². The minimum Gasteiger partial charge on any atom is -0.326 e. The van der Waals surface area contributed by atoms with Gasteiger partial charge in [0.25, 0.3) is 0 Å². The van der Waals surface area contributed by atoms with Gasteiger partial charge in [-0.1, -0.05) is 0 Å². The molecule has 2 nitrogen and oxygen atoms in total. The van der Waals surface area contributed by atoms with E-state index in [1.807, 2.05) is 18.2 Å². The van der Waals surface area contributed by atoms with Crippen LogP contribution >= 0.6 is 51.1 Å². The van der Waals surface area contributed by atoms with Gasteiger partial charge in [-0.3, -0.25) is 4.79 Å². The molecule has 0 aliphatic carbocycles. The summed E-state index contributed by atoms with van der Waals surface area (Å²) in [7, 11) is 0. The second kappa shape index (κ2) is 5.97. The molecule has 1 N–H and O–H groups in total. The van der Waals surface area contributed by atoms with Crippen molar-refractivity contribution < 1.29 is 4.79 Å². The second-order valence-electron chi connectivity index (χ2n) is 2.65. The normalized spacial score (nSPS) is 9.93. The molecular weight excluding hydrogens is 377 g/mol. The highest BCUT2D eigenvalue weighted by Crippen LogP contribution is 2.22. The third-order valence-corrected chi connectivity index (χ3v) is 4.10. The van der Waals surface area contributed by atoms with E-state index in [4.69, 9.17) is 0 Å². The molecule has 0 unspecified atom stereocenters. The maximum absolute atomic E-state index is 11.2. The Morgan fingerprint density at radius 1 is 1.57 bits per heavy atom. The number of anilines is 1. The van der Waals surface area contributed by atoms with Crippen molar-refractivity contribution in [3.05, 3.63) is 26.2 Å². The number of hydrogen-bond acceptors (Lipinski definition) is 2. The lowest BCUT2D eigenvalue weighted by Gasteiger charge is -2.05. The van der Waals surface area contributed by atoms with Crippen molar-refractivity contribution in [1.82, 2.24) is 0 Å². The lowest BCUT2D eigenvalue weighted by Crippen LogP contribution is -2.11. The first kappa shape index (κ1) is 12.3. The Bertz CT molecular complexity index is 346. The third kappa shape index (κ3) is 3.78. The largest absolute Gasteiger partial charge is 0.326 e. The smallest absolute Gasteiger partial charge is 0.225 e. The summed E-state index contributed by atoms with van der Waals surface area (Å²) in [5, 5.41) is 2.79. The van der Waals surface area contributed by atoms with Crippen molar-refractivity contribution in [2.45, 2.75) is 6.42 Å². The Hall–Kier alpha value is 0.250. The lowest BCUT2D eigenvalue weighted by atomic mass is 10.3. The molecule has 0 aliphatic heterocycles. The molecule has 0 aliphatic rings. The standard InChI is InChI=1S/C9H9BrINOS/c10-7-5-6(1-2-8(7)11)12-9(13)3-4-14/h1-2,5,14H,3-4H2,(H,12,13). The van der Waals surface area contributed by atoms with Crippen LogP contribution in [0.3, 0.4) is 0 Å². The average molecular weight is 386 g/mol. The summed E-state index contributed by atoms with van der Waals surface area (Å²) in [6.07, 6.45) is 0.437. The van der Waals surface area contributed by atoms with Crippen LogP contribution in [0.5, 0.6) is 0 Å². The van der Waals surface area contributed by atoms with Gasteiger partial charge < -0.3 is 5.32 Å². The zero-order valence-electron chi connectivity index (χ0n) is 7.26. The molecule has 0 aromatic heterocycles. The van der Waals surface area contributed by atoms with E-state index in [1.165, 1.54) is 0 Å². The highest BCUT2D eigenvalue weighted by Gasteiger charge is 2.02. The van der Waals surface area contributed by atoms with Crippen LogP contribution in [0.1, 0.15) is 6.42 Å². The van der Waals surface area contributed by atoms with Crippen LogP contribution in [0.15, 0.2) is 22.7 Å². The summed E-state index contributed by atoms with van der Waals surface area (Å²) in [4.78, 5) is 11.2. The predicted octanol–water partition coefficient (Wildman–Crippen LogP) is 3.31. The van der Waals surface area contributed by atoms with Crippen molar-refractivity contribution >= 4 is 62.7 Å². The van der Waals surface area contributed by atoms with E-state index < -0.39 is 0 Å². The molecule has 1 rings (SSSR count). The number of halogens is 2. The molecule has 0 fully saturated rings. The van der Waals surface area contributed by atoms with Crippen LogP contribution in [-0.2, 0) is 4.79 Å². The number of carbonyl (C=O) groups excluding carboxylic acids is 1. The van der Waals surface area contributed by atoms with Gasteiger partial charge in [-0.25, -0.2) is 0 Å². The Kier molecular flexibility index (Phi) is 5.25. The van der Waals surface area contributed by atoms with Gasteiger partial charge in [-0.15, -0.1) is 0 Å². The van der Waals surface area contributed by atoms with E-state index in [1.54, 1.807) is 0 Å². The second-order valence-corrected chi connectivity index (χ2v) is 5.11. The van der Waals surface area contributed by atoms with Crippen LogP contribution in [0.25, 0.3) is 0 Å². The summed E-state index contributed by atoms with van der Waals surface area (Å²) >= 11 is 9.61. The van der Waals surface area contributed by atoms with Gasteiger partial charge in [0.05, 0.1) is 0 Å². The number of thiol groups is 1. The van der Waals surface area contributed by atoms with E-state index in [2.05, 4.69) is 56.5 Å². The molecular formula is C9H9BrINOS. The van der Waals surface area contributed by atoms with Gasteiger partial charge in [0.15, 0.2) is 0 Å². The van der Waals surface area contributed by atoms with Crippen molar-refractivity contribution in [1.29, 1.82) is 0 Å². The van der Waals surface area contributed by atoms with Crippen LogP contribution in [0.4, 0.5) is 5.69 Å². The number of carbonyl (C=O) groups is 1. The van der Waals surface area contributed by atoms with Crippen LogP contribution < -0.4 is 5.32 Å². The first-order chi connectivity index (χ1) is 6.63. The van der Waals surface area contributed by atoms with Gasteiger partial charge in [-0.05, 0) is 62.5 Å². The maximum Gasteiger partial charge on any atom is 0.225 e. The van der Waals surface area contributed by atoms with Gasteiger partial charge in [0, 0.05) is 20.2 Å². The van der Waals surface area contributed by atoms with Crippen molar-refractivity contribution in [2.24, 2.45) is 0 Å². The molecule has 0 radical (unpaired) electrons. The number of rotatable bonds is 3. The molecule has 5 heteroatoms. The third-order valence-electron chi connectivity index (χ3n) is 1.54. The molecule has 0 saturated heterocycles. The summed E-state index contributed by atoms with van der Waals surface area (Å²) in [6.45, 7) is 0. The Morgan fingerprint density at radius 2 is 2.29 bits per heavy atom. The number of nitrogens with one attached hydrogen (secondary N) is 1. The van der Waals surface area contributed by atoms with Crippen molar-refractivity contribution in [3.63, 3.8) is 0 Å². The van der Waals surface area contributed by atoms with Crippen LogP contribution in [-0.4, -0.2) is 11.7 Å². The molecule has 1 aromatic rings. The summed E-state index contributed by atoms with van der Waals surface area (Å²) < 4.78 is 2.11. The van der Waals surface area contributed by atoms with Gasteiger partial charge in [0.1, 0.15) is 0 Å². The Balaban J connectivity index is 2.68. The highest BCUT2D eigenvalue weighted by atomic mass is 127. The zero-order valence-corrected chi connectivity index (χ0v) is 11.9. The molecule has 0 bridgehead atoms. The van der Waals surface area contributed by atoms with Crippen LogP contribution in [0, 0.1) is 3.57 Å². The minimum atomic E-state index is -0.00638. The summed E-state index contributed by atoms with van der Waals surface area (Å²) in [6, 6.07) is 5.71. The quantitative estimate of drug-likeness (QED) is 0.606. The van der Waals surface area contributed by atoms with Gasteiger partial charge >= 0.3 is 0 Å². The van der Waals surface area contributed by atoms with E-state index in [0.29, 0.717) is 12.2 Å². The first-order valence-corrected chi connectivity index (χ1v) is 6.49. The first-order valence-electron chi connectivity index (χ1n) is 3.99. The molecule has 14 heavy (non-hydrogen) atoms.